The summed E-state index contributed by atoms with van der Waals surface area (Å²) in [5.41, 5.74) is 11.6. The van der Waals surface area contributed by atoms with Crippen LogP contribution in [0.25, 0.3) is 72.0 Å². The minimum atomic E-state index is -0.402. The van der Waals surface area contributed by atoms with E-state index < -0.39 is 5.91 Å². The van der Waals surface area contributed by atoms with E-state index in [-0.39, 0.29) is 5.91 Å². The summed E-state index contributed by atoms with van der Waals surface area (Å²) in [5.74, 6) is -0.788. The molecule has 2 amide bonds. The van der Waals surface area contributed by atoms with Gasteiger partial charge in [-0.2, -0.15) is 10.5 Å². The summed E-state index contributed by atoms with van der Waals surface area (Å²) in [4.78, 5) is 31.3. The number of amides is 2. The molecule has 2 heterocycles. The molecule has 6 heteroatoms. The number of nitrogens with zero attached hydrogens (tertiary/aromatic N) is 4. The van der Waals surface area contributed by atoms with Crippen molar-refractivity contribution >= 4 is 39.3 Å². The summed E-state index contributed by atoms with van der Waals surface area (Å²) in [6, 6.07) is 62.9. The van der Waals surface area contributed by atoms with E-state index in [0.717, 1.165) is 66.3 Å². The molecular weight excluding hydrogens is 713 g/mol. The zero-order chi connectivity index (χ0) is 39.3. The van der Waals surface area contributed by atoms with E-state index in [1.807, 2.05) is 152 Å². The third kappa shape index (κ3) is 5.48. The van der Waals surface area contributed by atoms with Gasteiger partial charge in [-0.1, -0.05) is 121 Å². The Morgan fingerprint density at radius 1 is 0.397 bits per heavy atom. The predicted octanol–water partition coefficient (Wildman–Crippen LogP) is 12.0. The highest BCUT2D eigenvalue weighted by molar-refractivity contribution is 6.37. The van der Waals surface area contributed by atoms with Gasteiger partial charge in [0.25, 0.3) is 11.8 Å². The Morgan fingerprint density at radius 2 is 0.845 bits per heavy atom. The molecule has 270 valence electrons. The number of fused-ring (bicyclic) bond motifs is 4. The molecule has 0 unspecified atom stereocenters. The summed E-state index contributed by atoms with van der Waals surface area (Å²) in [6.45, 7) is 0. The lowest BCUT2D eigenvalue weighted by atomic mass is 9.95. The Labute approximate surface area is 334 Å². The molecule has 1 aromatic heterocycles. The first kappa shape index (κ1) is 34.2. The molecule has 0 N–H and O–H groups in total. The van der Waals surface area contributed by atoms with Gasteiger partial charge in [0.1, 0.15) is 0 Å². The molecular formula is C52H30N4O2. The highest BCUT2D eigenvalue weighted by Crippen LogP contribution is 2.45. The number of hydrogen-bond acceptors (Lipinski definition) is 4. The molecule has 8 aromatic carbocycles. The molecule has 0 radical (unpaired) electrons. The Hall–Kier alpha value is -8.32. The molecule has 1 aliphatic rings. The number of rotatable bonds is 6. The zero-order valence-electron chi connectivity index (χ0n) is 30.9. The minimum Gasteiger partial charge on any atom is -0.308 e. The molecule has 9 aromatic rings. The zero-order valence-corrected chi connectivity index (χ0v) is 30.9. The van der Waals surface area contributed by atoms with E-state index in [0.29, 0.717) is 33.6 Å². The molecule has 1 aliphatic heterocycles. The van der Waals surface area contributed by atoms with E-state index >= 15 is 4.79 Å². The van der Waals surface area contributed by atoms with E-state index in [2.05, 4.69) is 28.8 Å². The second-order valence-electron chi connectivity index (χ2n) is 14.3. The van der Waals surface area contributed by atoms with Crippen molar-refractivity contribution in [1.82, 2.24) is 4.57 Å². The van der Waals surface area contributed by atoms with Crippen LogP contribution in [0.1, 0.15) is 31.8 Å². The number of carbonyl (C=O) groups excluding carboxylic acids is 2. The fourth-order valence-electron chi connectivity index (χ4n) is 8.32. The lowest BCUT2D eigenvalue weighted by Crippen LogP contribution is -2.30. The first-order valence-electron chi connectivity index (χ1n) is 18.9. The van der Waals surface area contributed by atoms with Crippen LogP contribution in [-0.4, -0.2) is 16.4 Å². The van der Waals surface area contributed by atoms with Gasteiger partial charge in [0, 0.05) is 21.9 Å². The molecule has 0 spiro atoms. The number of hydrogen-bond donors (Lipinski definition) is 0. The third-order valence-electron chi connectivity index (χ3n) is 11.0. The third-order valence-corrected chi connectivity index (χ3v) is 11.0. The van der Waals surface area contributed by atoms with Crippen LogP contribution in [0.3, 0.4) is 0 Å². The lowest BCUT2D eigenvalue weighted by molar-refractivity contribution is 0.0926. The topological polar surface area (TPSA) is 89.9 Å². The van der Waals surface area contributed by atoms with Gasteiger partial charge in [-0.25, -0.2) is 4.90 Å². The maximum atomic E-state index is 15.2. The Bertz CT molecular complexity index is 3070. The summed E-state index contributed by atoms with van der Waals surface area (Å²) in [7, 11) is 0. The van der Waals surface area contributed by atoms with Crippen molar-refractivity contribution in [1.29, 1.82) is 10.5 Å². The average Bonchev–Trinajstić information content (AvgIpc) is 3.75. The van der Waals surface area contributed by atoms with Crippen molar-refractivity contribution < 1.29 is 9.59 Å². The number of carbonyl (C=O) groups is 2. The van der Waals surface area contributed by atoms with Crippen LogP contribution in [0, 0.1) is 22.7 Å². The van der Waals surface area contributed by atoms with Gasteiger partial charge < -0.3 is 4.57 Å². The largest absolute Gasteiger partial charge is 0.308 e. The van der Waals surface area contributed by atoms with Crippen molar-refractivity contribution in [3.63, 3.8) is 0 Å². The first-order valence-corrected chi connectivity index (χ1v) is 18.9. The number of aromatic nitrogens is 1. The summed E-state index contributed by atoms with van der Waals surface area (Å²) in [5, 5.41) is 21.2. The van der Waals surface area contributed by atoms with Crippen LogP contribution in [0.2, 0.25) is 0 Å². The van der Waals surface area contributed by atoms with E-state index in [1.165, 1.54) is 4.90 Å². The van der Waals surface area contributed by atoms with Crippen LogP contribution in [-0.2, 0) is 0 Å². The summed E-state index contributed by atoms with van der Waals surface area (Å²) < 4.78 is 2.07. The van der Waals surface area contributed by atoms with Gasteiger partial charge in [-0.3, -0.25) is 9.59 Å². The summed E-state index contributed by atoms with van der Waals surface area (Å²) in [6.07, 6.45) is 0. The minimum absolute atomic E-state index is 0.324. The molecule has 58 heavy (non-hydrogen) atoms. The molecule has 6 nitrogen and oxygen atoms in total. The number of nitriles is 2. The predicted molar refractivity (Wildman–Crippen MR) is 230 cm³/mol. The maximum Gasteiger partial charge on any atom is 0.268 e. The van der Waals surface area contributed by atoms with Crippen molar-refractivity contribution in [3.05, 3.63) is 204 Å². The molecule has 0 atom stereocenters. The molecule has 0 saturated heterocycles. The van der Waals surface area contributed by atoms with Crippen molar-refractivity contribution in [2.24, 2.45) is 0 Å². The van der Waals surface area contributed by atoms with Gasteiger partial charge in [0.05, 0.1) is 56.8 Å². The molecule has 0 bridgehead atoms. The quantitative estimate of drug-likeness (QED) is 0.159. The second-order valence-corrected chi connectivity index (χ2v) is 14.3. The standard InChI is InChI=1S/C52H30N4O2/c53-31-33-11-7-17-37(27-33)39-23-25-46-44(29-39)45-30-40(38-18-8-12-34(28-38)32-54)24-26-47(45)55(46)48-22-10-21-43-49(48)52(58)56(51(43)57)50-41(35-13-3-1-4-14-35)19-9-20-42(50)36-15-5-2-6-16-36/h1-30H. The van der Waals surface area contributed by atoms with Gasteiger partial charge in [0.15, 0.2) is 0 Å². The van der Waals surface area contributed by atoms with Gasteiger partial charge >= 0.3 is 0 Å². The van der Waals surface area contributed by atoms with Crippen molar-refractivity contribution in [2.45, 2.75) is 0 Å². The highest BCUT2D eigenvalue weighted by Gasteiger charge is 2.41. The number of anilines is 1. The fourth-order valence-corrected chi connectivity index (χ4v) is 8.32. The van der Waals surface area contributed by atoms with E-state index in [9.17, 15) is 15.3 Å². The second kappa shape index (κ2) is 13.8. The number of benzene rings is 8. The highest BCUT2D eigenvalue weighted by atomic mass is 16.2. The van der Waals surface area contributed by atoms with Crippen molar-refractivity contribution in [3.8, 4) is 62.3 Å². The molecule has 0 fully saturated rings. The van der Waals surface area contributed by atoms with Crippen LogP contribution in [0.15, 0.2) is 182 Å². The van der Waals surface area contributed by atoms with Gasteiger partial charge in [0.2, 0.25) is 0 Å². The van der Waals surface area contributed by atoms with Crippen LogP contribution in [0.4, 0.5) is 5.69 Å². The maximum absolute atomic E-state index is 15.2. The smallest absolute Gasteiger partial charge is 0.268 e. The van der Waals surface area contributed by atoms with Crippen LogP contribution < -0.4 is 4.90 Å². The van der Waals surface area contributed by atoms with E-state index in [4.69, 9.17) is 0 Å². The monoisotopic (exact) mass is 742 g/mol. The Kier molecular flexibility index (Phi) is 8.11. The van der Waals surface area contributed by atoms with Crippen molar-refractivity contribution in [2.75, 3.05) is 4.90 Å². The Balaban J connectivity index is 1.20. The lowest BCUT2D eigenvalue weighted by Gasteiger charge is -2.23. The molecule has 10 rings (SSSR count). The normalized spacial score (nSPS) is 12.1. The number of para-hydroxylation sites is 1. The molecule has 0 saturated carbocycles. The SMILES string of the molecule is N#Cc1cccc(-c2ccc3c(c2)c2cc(-c4cccc(C#N)c4)ccc2n3-c2cccc3c2C(=O)N(c2c(-c4ccccc4)cccc2-c2ccccc2)C3=O)c1. The van der Waals surface area contributed by atoms with E-state index in [1.54, 1.807) is 18.2 Å². The molecule has 0 aliphatic carbocycles. The number of imide groups is 1. The average molecular weight is 743 g/mol. The van der Waals surface area contributed by atoms with Crippen LogP contribution in [0.5, 0.6) is 0 Å². The fraction of sp³-hybridized carbons (Fsp3) is 0. The Morgan fingerprint density at radius 3 is 1.36 bits per heavy atom. The summed E-state index contributed by atoms with van der Waals surface area (Å²) >= 11 is 0. The first-order chi connectivity index (χ1) is 28.5. The van der Waals surface area contributed by atoms with Crippen LogP contribution >= 0.6 is 0 Å². The van der Waals surface area contributed by atoms with Gasteiger partial charge in [-0.15, -0.1) is 0 Å². The van der Waals surface area contributed by atoms with Gasteiger partial charge in [-0.05, 0) is 94.0 Å².